The summed E-state index contributed by atoms with van der Waals surface area (Å²) in [5.41, 5.74) is 0.0765. The molecule has 0 fully saturated rings. The number of nitro benzene ring substituents is 1. The van der Waals surface area contributed by atoms with Crippen LogP contribution in [0.4, 0.5) is 5.69 Å². The summed E-state index contributed by atoms with van der Waals surface area (Å²) in [7, 11) is 2.82. The van der Waals surface area contributed by atoms with E-state index < -0.39 is 16.6 Å². The highest BCUT2D eigenvalue weighted by Gasteiger charge is 2.15. The van der Waals surface area contributed by atoms with E-state index in [1.165, 1.54) is 26.4 Å². The fourth-order valence-corrected chi connectivity index (χ4v) is 2.43. The van der Waals surface area contributed by atoms with Gasteiger partial charge in [0.15, 0.2) is 11.5 Å². The highest BCUT2D eigenvalue weighted by molar-refractivity contribution is 6.32. The van der Waals surface area contributed by atoms with E-state index in [0.29, 0.717) is 5.75 Å². The minimum absolute atomic E-state index is 0.106. The minimum atomic E-state index is -0.612. The topological polar surface area (TPSA) is 114 Å². The lowest BCUT2D eigenvalue weighted by atomic mass is 10.1. The molecule has 1 N–H and O–H groups in total. The summed E-state index contributed by atoms with van der Waals surface area (Å²) in [6, 6.07) is 6.16. The standard InChI is InChI=1S/C16H15ClN2O6/c1-24-14-7-9(6-12(17)15(14)25-2)16(21)18-8-10-5-11(19(22)23)3-4-13(10)20/h3-7,20H,8H2,1-2H3,(H,18,21)/p-1. The highest BCUT2D eigenvalue weighted by atomic mass is 35.5. The molecule has 0 unspecified atom stereocenters. The van der Waals surface area contributed by atoms with Crippen molar-refractivity contribution < 1.29 is 24.3 Å². The van der Waals surface area contributed by atoms with Gasteiger partial charge in [-0.2, -0.15) is 0 Å². The minimum Gasteiger partial charge on any atom is -0.872 e. The van der Waals surface area contributed by atoms with Crippen LogP contribution in [-0.2, 0) is 6.54 Å². The molecule has 0 saturated heterocycles. The SMILES string of the molecule is COc1cc(C(=O)NCc2cc([N+](=O)[O-])ccc2[O-])cc(Cl)c1OC. The smallest absolute Gasteiger partial charge is 0.269 e. The van der Waals surface area contributed by atoms with Crippen LogP contribution in [0.3, 0.4) is 0 Å². The number of methoxy groups -OCH3 is 2. The maximum atomic E-state index is 12.3. The third kappa shape index (κ3) is 4.10. The van der Waals surface area contributed by atoms with Gasteiger partial charge in [0, 0.05) is 24.2 Å². The fourth-order valence-electron chi connectivity index (χ4n) is 2.14. The number of benzene rings is 2. The average Bonchev–Trinajstić information content (AvgIpc) is 2.59. The number of hydrogen-bond acceptors (Lipinski definition) is 6. The van der Waals surface area contributed by atoms with Gasteiger partial charge in [-0.15, -0.1) is 5.75 Å². The Kier molecular flexibility index (Phi) is 5.66. The second kappa shape index (κ2) is 7.71. The molecule has 0 spiro atoms. The second-order valence-electron chi connectivity index (χ2n) is 4.93. The van der Waals surface area contributed by atoms with E-state index in [-0.39, 0.29) is 34.1 Å². The number of carbonyl (C=O) groups is 1. The molecule has 0 aliphatic rings. The lowest BCUT2D eigenvalue weighted by Crippen LogP contribution is -2.23. The molecule has 0 aliphatic carbocycles. The van der Waals surface area contributed by atoms with Crippen LogP contribution in [-0.4, -0.2) is 25.1 Å². The predicted molar refractivity (Wildman–Crippen MR) is 88.3 cm³/mol. The molecule has 0 atom stereocenters. The molecule has 1 amide bonds. The largest absolute Gasteiger partial charge is 0.872 e. The molecule has 0 saturated carbocycles. The quantitative estimate of drug-likeness (QED) is 0.620. The molecule has 25 heavy (non-hydrogen) atoms. The zero-order valence-electron chi connectivity index (χ0n) is 13.4. The van der Waals surface area contributed by atoms with Gasteiger partial charge in [0.25, 0.3) is 11.6 Å². The number of rotatable bonds is 6. The molecule has 2 aromatic carbocycles. The summed E-state index contributed by atoms with van der Waals surface area (Å²) in [4.78, 5) is 22.4. The second-order valence-corrected chi connectivity index (χ2v) is 5.33. The van der Waals surface area contributed by atoms with Crippen LogP contribution < -0.4 is 19.9 Å². The van der Waals surface area contributed by atoms with Crippen molar-refractivity contribution in [3.05, 3.63) is 56.6 Å². The lowest BCUT2D eigenvalue weighted by molar-refractivity contribution is -0.385. The van der Waals surface area contributed by atoms with Gasteiger partial charge in [-0.25, -0.2) is 0 Å². The summed E-state index contributed by atoms with van der Waals surface area (Å²) in [6.45, 7) is -0.161. The Morgan fingerprint density at radius 2 is 1.96 bits per heavy atom. The third-order valence-electron chi connectivity index (χ3n) is 3.39. The van der Waals surface area contributed by atoms with Crippen molar-refractivity contribution in [3.63, 3.8) is 0 Å². The Morgan fingerprint density at radius 1 is 1.24 bits per heavy atom. The van der Waals surface area contributed by atoms with Crippen molar-refractivity contribution in [3.8, 4) is 17.2 Å². The van der Waals surface area contributed by atoms with Crippen molar-refractivity contribution in [2.75, 3.05) is 14.2 Å². The number of nitrogens with one attached hydrogen (secondary N) is 1. The van der Waals surface area contributed by atoms with Gasteiger partial charge in [0.2, 0.25) is 0 Å². The molecular formula is C16H14ClN2O6-. The van der Waals surface area contributed by atoms with E-state index in [1.807, 2.05) is 0 Å². The molecule has 8 nitrogen and oxygen atoms in total. The van der Waals surface area contributed by atoms with Gasteiger partial charge >= 0.3 is 0 Å². The number of nitrogens with zero attached hydrogens (tertiary/aromatic N) is 1. The first kappa shape index (κ1) is 18.3. The monoisotopic (exact) mass is 365 g/mol. The predicted octanol–water partition coefficient (Wildman–Crippen LogP) is 2.27. The van der Waals surface area contributed by atoms with Crippen LogP contribution in [0.1, 0.15) is 15.9 Å². The van der Waals surface area contributed by atoms with Gasteiger partial charge in [0.05, 0.1) is 24.2 Å². The number of carbonyl (C=O) groups excluding carboxylic acids is 1. The van der Waals surface area contributed by atoms with E-state index in [1.54, 1.807) is 0 Å². The van der Waals surface area contributed by atoms with Crippen molar-refractivity contribution in [2.45, 2.75) is 6.54 Å². The zero-order chi connectivity index (χ0) is 18.6. The molecule has 2 aromatic rings. The molecule has 0 aromatic heterocycles. The average molecular weight is 366 g/mol. The van der Waals surface area contributed by atoms with Crippen LogP contribution in [0.15, 0.2) is 30.3 Å². The Labute approximate surface area is 148 Å². The fraction of sp³-hybridized carbons (Fsp3) is 0.188. The van der Waals surface area contributed by atoms with Crippen LogP contribution in [0.5, 0.6) is 17.2 Å². The molecule has 0 radical (unpaired) electrons. The number of nitro groups is 1. The van der Waals surface area contributed by atoms with E-state index >= 15 is 0 Å². The van der Waals surface area contributed by atoms with Gasteiger partial charge in [0.1, 0.15) is 0 Å². The molecule has 132 valence electrons. The number of hydrogen-bond donors (Lipinski definition) is 1. The number of non-ortho nitro benzene ring substituents is 1. The Balaban J connectivity index is 2.20. The van der Waals surface area contributed by atoms with Crippen molar-refractivity contribution >= 4 is 23.2 Å². The van der Waals surface area contributed by atoms with E-state index in [4.69, 9.17) is 21.1 Å². The molecule has 0 heterocycles. The number of amides is 1. The van der Waals surface area contributed by atoms with Crippen molar-refractivity contribution in [1.82, 2.24) is 5.32 Å². The summed E-state index contributed by atoms with van der Waals surface area (Å²) < 4.78 is 10.2. The van der Waals surface area contributed by atoms with E-state index in [9.17, 15) is 20.0 Å². The summed E-state index contributed by atoms with van der Waals surface area (Å²) in [5, 5.41) is 25.2. The highest BCUT2D eigenvalue weighted by Crippen LogP contribution is 2.36. The van der Waals surface area contributed by atoms with Crippen LogP contribution in [0.25, 0.3) is 0 Å². The Bertz CT molecular complexity index is 825. The van der Waals surface area contributed by atoms with Crippen LogP contribution in [0, 0.1) is 10.1 Å². The third-order valence-corrected chi connectivity index (χ3v) is 3.67. The summed E-state index contributed by atoms with van der Waals surface area (Å²) in [5.74, 6) is -0.355. The van der Waals surface area contributed by atoms with Crippen LogP contribution >= 0.6 is 11.6 Å². The molecule has 9 heteroatoms. The summed E-state index contributed by atoms with van der Waals surface area (Å²) in [6.07, 6.45) is 0. The van der Waals surface area contributed by atoms with Gasteiger partial charge in [-0.1, -0.05) is 17.7 Å². The lowest BCUT2D eigenvalue weighted by Gasteiger charge is -2.15. The molecule has 2 rings (SSSR count). The van der Waals surface area contributed by atoms with Crippen molar-refractivity contribution in [1.29, 1.82) is 0 Å². The maximum absolute atomic E-state index is 12.3. The van der Waals surface area contributed by atoms with Crippen LogP contribution in [0.2, 0.25) is 5.02 Å². The molecule has 0 aliphatic heterocycles. The van der Waals surface area contributed by atoms with E-state index in [0.717, 1.165) is 18.2 Å². The first-order chi connectivity index (χ1) is 11.9. The Hall–Kier alpha value is -3.00. The maximum Gasteiger partial charge on any atom is 0.269 e. The molecule has 0 bridgehead atoms. The molecular weight excluding hydrogens is 352 g/mol. The Morgan fingerprint density at radius 3 is 2.56 bits per heavy atom. The first-order valence-corrected chi connectivity index (χ1v) is 7.39. The van der Waals surface area contributed by atoms with E-state index in [2.05, 4.69) is 5.32 Å². The van der Waals surface area contributed by atoms with Crippen molar-refractivity contribution in [2.24, 2.45) is 0 Å². The van der Waals surface area contributed by atoms with Gasteiger partial charge in [-0.05, 0) is 17.7 Å². The number of halogens is 1. The zero-order valence-corrected chi connectivity index (χ0v) is 14.1. The number of ether oxygens (including phenoxy) is 2. The van der Waals surface area contributed by atoms with Gasteiger partial charge < -0.3 is 19.9 Å². The first-order valence-electron chi connectivity index (χ1n) is 7.01. The normalized spacial score (nSPS) is 10.2. The summed E-state index contributed by atoms with van der Waals surface area (Å²) >= 11 is 6.05. The van der Waals surface area contributed by atoms with Gasteiger partial charge in [-0.3, -0.25) is 14.9 Å².